The highest BCUT2D eigenvalue weighted by atomic mass is 31.2. The number of aliphatic hydroxyl groups is 1. The van der Waals surface area contributed by atoms with Gasteiger partial charge in [-0.3, -0.25) is 37.3 Å². The van der Waals surface area contributed by atoms with Crippen molar-refractivity contribution in [1.82, 2.24) is 0 Å². The lowest BCUT2D eigenvalue weighted by atomic mass is 10.00. The molecule has 0 fully saturated rings. The van der Waals surface area contributed by atoms with Crippen LogP contribution in [0, 0.1) is 17.8 Å². The Morgan fingerprint density at radius 2 is 0.634 bits per heavy atom. The highest BCUT2D eigenvalue weighted by Crippen LogP contribution is 2.45. The Kier molecular flexibility index (Phi) is 62.5. The van der Waals surface area contributed by atoms with Gasteiger partial charge in [0.1, 0.15) is 19.3 Å². The lowest BCUT2D eigenvalue weighted by molar-refractivity contribution is -0.161. The normalized spacial score (nSPS) is 14.6. The fourth-order valence-electron chi connectivity index (χ4n) is 10.7. The van der Waals surface area contributed by atoms with E-state index >= 15 is 0 Å². The van der Waals surface area contributed by atoms with E-state index in [2.05, 4.69) is 72.8 Å². The van der Waals surface area contributed by atoms with Gasteiger partial charge in [-0.2, -0.15) is 0 Å². The lowest BCUT2D eigenvalue weighted by Crippen LogP contribution is -2.30. The molecule has 0 aliphatic carbocycles. The predicted octanol–water partition coefficient (Wildman–Crippen LogP) is 21.0. The van der Waals surface area contributed by atoms with Crippen LogP contribution < -0.4 is 0 Å². The van der Waals surface area contributed by atoms with Crippen molar-refractivity contribution in [2.24, 2.45) is 17.8 Å². The van der Waals surface area contributed by atoms with E-state index in [1.807, 2.05) is 0 Å². The molecule has 17 nitrogen and oxygen atoms in total. The number of ether oxygens (including phenoxy) is 4. The van der Waals surface area contributed by atoms with Gasteiger partial charge in [0.05, 0.1) is 26.4 Å². The quantitative estimate of drug-likeness (QED) is 0.0169. The van der Waals surface area contributed by atoms with Crippen LogP contribution in [0.25, 0.3) is 0 Å². The van der Waals surface area contributed by atoms with E-state index in [9.17, 15) is 43.2 Å². The van der Waals surface area contributed by atoms with Crippen LogP contribution >= 0.6 is 15.6 Å². The Labute approximate surface area is 567 Å². The Morgan fingerprint density at radius 1 is 0.355 bits per heavy atom. The second-order valence-corrected chi connectivity index (χ2v) is 30.1. The van der Waals surface area contributed by atoms with Crippen LogP contribution in [0.4, 0.5) is 0 Å². The summed E-state index contributed by atoms with van der Waals surface area (Å²) >= 11 is 0. The minimum atomic E-state index is -4.96. The van der Waals surface area contributed by atoms with Crippen molar-refractivity contribution in [2.75, 3.05) is 39.6 Å². The van der Waals surface area contributed by atoms with E-state index in [0.29, 0.717) is 37.5 Å². The van der Waals surface area contributed by atoms with E-state index in [1.54, 1.807) is 0 Å². The van der Waals surface area contributed by atoms with E-state index in [4.69, 9.17) is 37.0 Å². The largest absolute Gasteiger partial charge is 0.472 e. The van der Waals surface area contributed by atoms with Crippen LogP contribution in [0.5, 0.6) is 0 Å². The minimum absolute atomic E-state index is 0.0958. The third kappa shape index (κ3) is 66.6. The fourth-order valence-corrected chi connectivity index (χ4v) is 12.3. The summed E-state index contributed by atoms with van der Waals surface area (Å²) in [6.07, 6.45) is 52.3. The molecule has 0 aliphatic rings. The molecular weight excluding hydrogens is 1220 g/mol. The summed E-state index contributed by atoms with van der Waals surface area (Å²) in [7, 11) is -9.92. The molecule has 6 atom stereocenters. The maximum absolute atomic E-state index is 13.0. The first kappa shape index (κ1) is 90.5. The molecule has 0 aliphatic heterocycles. The first-order chi connectivity index (χ1) is 44.8. The summed E-state index contributed by atoms with van der Waals surface area (Å²) in [6, 6.07) is 0. The van der Waals surface area contributed by atoms with Gasteiger partial charge >= 0.3 is 39.5 Å². The number of phosphoric acid groups is 2. The number of unbranched alkanes of at least 4 members (excludes halogenated alkanes) is 34. The molecule has 93 heavy (non-hydrogen) atoms. The molecule has 4 unspecified atom stereocenters. The molecule has 0 aromatic heterocycles. The zero-order valence-corrected chi connectivity index (χ0v) is 62.0. The van der Waals surface area contributed by atoms with Gasteiger partial charge in [-0.05, 0) is 69.1 Å². The van der Waals surface area contributed by atoms with Crippen molar-refractivity contribution < 1.29 is 80.2 Å². The molecule has 548 valence electrons. The topological polar surface area (TPSA) is 237 Å². The molecule has 0 saturated carbocycles. The van der Waals surface area contributed by atoms with Gasteiger partial charge in [0.25, 0.3) is 0 Å². The molecular formula is C74H140O17P2. The Bertz CT molecular complexity index is 1910. The summed E-state index contributed by atoms with van der Waals surface area (Å²) in [4.78, 5) is 72.6. The Hall–Kier alpha value is -2.46. The monoisotopic (exact) mass is 1360 g/mol. The first-order valence-corrected chi connectivity index (χ1v) is 40.7. The number of allylic oxidation sites excluding steroid dienone is 4. The van der Waals surface area contributed by atoms with Crippen LogP contribution in [0.15, 0.2) is 24.3 Å². The second kappa shape index (κ2) is 64.2. The number of hydrogen-bond donors (Lipinski definition) is 3. The van der Waals surface area contributed by atoms with Crippen molar-refractivity contribution in [1.29, 1.82) is 0 Å². The lowest BCUT2D eigenvalue weighted by Gasteiger charge is -2.21. The van der Waals surface area contributed by atoms with Crippen molar-refractivity contribution in [2.45, 2.75) is 369 Å². The molecule has 0 rings (SSSR count). The molecule has 0 aromatic rings. The molecule has 0 aromatic carbocycles. The number of aliphatic hydroxyl groups excluding tert-OH is 1. The number of hydrogen-bond acceptors (Lipinski definition) is 15. The molecule has 0 spiro atoms. The van der Waals surface area contributed by atoms with Crippen molar-refractivity contribution in [3.63, 3.8) is 0 Å². The van der Waals surface area contributed by atoms with Crippen molar-refractivity contribution in [3.8, 4) is 0 Å². The first-order valence-electron chi connectivity index (χ1n) is 37.7. The molecule has 0 radical (unpaired) electrons. The van der Waals surface area contributed by atoms with Gasteiger partial charge in [0.15, 0.2) is 12.2 Å². The van der Waals surface area contributed by atoms with E-state index in [1.165, 1.54) is 135 Å². The SMILES string of the molecule is CCCCCC/C=C\C=C/CCCCCCCC(=O)OC[C@H](COP(=O)(O)OCC(O)COP(=O)(O)OC[C@@H](COC(=O)CCCCCCCCCC(C)C)OC(=O)CCCCCCCCCCCCCCCCCC(C)C)OC(=O)CCCCCCCCC(C)CC. The number of carbonyl (C=O) groups is 4. The van der Waals surface area contributed by atoms with Gasteiger partial charge in [-0.1, -0.05) is 297 Å². The fraction of sp³-hybridized carbons (Fsp3) is 0.892. The van der Waals surface area contributed by atoms with E-state index in [-0.39, 0.29) is 25.7 Å². The van der Waals surface area contributed by atoms with Crippen molar-refractivity contribution in [3.05, 3.63) is 24.3 Å². The summed E-state index contributed by atoms with van der Waals surface area (Å²) in [5.74, 6) is 0.0657. The van der Waals surface area contributed by atoms with Gasteiger partial charge < -0.3 is 33.8 Å². The number of rotatable bonds is 70. The third-order valence-electron chi connectivity index (χ3n) is 16.9. The highest BCUT2D eigenvalue weighted by molar-refractivity contribution is 7.47. The Balaban J connectivity index is 5.24. The standard InChI is InChI=1S/C74H140O17P2/c1-8-10-11-12-13-14-15-16-18-22-25-28-33-41-48-55-71(76)84-62-70(91-74(79)58-51-44-37-36-40-47-54-67(7)9-2)64-89-93(82,83)87-60-68(75)59-86-92(80,81)88-63-69(61-85-72(77)56-49-42-35-30-32-39-46-53-66(5)6)90-73(78)57-50-43-34-29-26-23-20-17-19-21-24-27-31-38-45-52-65(3)4/h14-16,18,65-70,75H,8-13,17,19-64H2,1-7H3,(H,80,81)(H,82,83)/b15-14-,18-16-/t67?,68?,69-,70-/m1/s1. The molecule has 19 heteroatoms. The maximum Gasteiger partial charge on any atom is 0.472 e. The van der Waals surface area contributed by atoms with Crippen LogP contribution in [0.1, 0.15) is 350 Å². The maximum atomic E-state index is 13.0. The predicted molar refractivity (Wildman–Crippen MR) is 377 cm³/mol. The summed E-state index contributed by atoms with van der Waals surface area (Å²) in [5, 5.41) is 10.6. The second-order valence-electron chi connectivity index (χ2n) is 27.2. The summed E-state index contributed by atoms with van der Waals surface area (Å²) < 4.78 is 68.3. The Morgan fingerprint density at radius 3 is 0.957 bits per heavy atom. The average molecular weight is 1360 g/mol. The zero-order valence-electron chi connectivity index (χ0n) is 60.2. The number of carbonyl (C=O) groups excluding carboxylic acids is 4. The highest BCUT2D eigenvalue weighted by Gasteiger charge is 2.30. The summed E-state index contributed by atoms with van der Waals surface area (Å²) in [5.41, 5.74) is 0. The van der Waals surface area contributed by atoms with Crippen LogP contribution in [0.3, 0.4) is 0 Å². The van der Waals surface area contributed by atoms with Gasteiger partial charge in [-0.25, -0.2) is 9.13 Å². The van der Waals surface area contributed by atoms with Crippen molar-refractivity contribution >= 4 is 39.5 Å². The smallest absolute Gasteiger partial charge is 0.462 e. The van der Waals surface area contributed by atoms with Crippen LogP contribution in [-0.2, 0) is 65.4 Å². The van der Waals surface area contributed by atoms with Gasteiger partial charge in [0, 0.05) is 25.7 Å². The van der Waals surface area contributed by atoms with E-state index < -0.39 is 97.5 Å². The molecule has 0 heterocycles. The number of phosphoric ester groups is 2. The van der Waals surface area contributed by atoms with E-state index in [0.717, 1.165) is 121 Å². The minimum Gasteiger partial charge on any atom is -0.462 e. The average Bonchev–Trinajstić information content (AvgIpc) is 3.20. The van der Waals surface area contributed by atoms with Crippen LogP contribution in [-0.4, -0.2) is 96.7 Å². The molecule has 3 N–H and O–H groups in total. The number of esters is 4. The molecule has 0 amide bonds. The molecule has 0 bridgehead atoms. The van der Waals surface area contributed by atoms with Gasteiger partial charge in [0.2, 0.25) is 0 Å². The van der Waals surface area contributed by atoms with Crippen LogP contribution in [0.2, 0.25) is 0 Å². The summed E-state index contributed by atoms with van der Waals surface area (Å²) in [6.45, 7) is 11.7. The zero-order chi connectivity index (χ0) is 68.7. The molecule has 0 saturated heterocycles. The van der Waals surface area contributed by atoms with Gasteiger partial charge in [-0.15, -0.1) is 0 Å². The third-order valence-corrected chi connectivity index (χ3v) is 18.8.